The summed E-state index contributed by atoms with van der Waals surface area (Å²) in [5.74, 6) is -0.142. The third kappa shape index (κ3) is 4.65. The highest BCUT2D eigenvalue weighted by Crippen LogP contribution is 2.26. The lowest BCUT2D eigenvalue weighted by molar-refractivity contribution is -0.384. The van der Waals surface area contributed by atoms with Gasteiger partial charge in [0.25, 0.3) is 14.7 Å². The second-order valence-electron chi connectivity index (χ2n) is 4.85. The van der Waals surface area contributed by atoms with Gasteiger partial charge in [0, 0.05) is 33.9 Å². The molecule has 2 aromatic rings. The van der Waals surface area contributed by atoms with E-state index in [9.17, 15) is 23.3 Å². The minimum Gasteiger partial charge on any atom is -0.496 e. The molecule has 0 unspecified atom stereocenters. The van der Waals surface area contributed by atoms with Crippen LogP contribution in [0.5, 0.6) is 5.75 Å². The normalized spacial score (nSPS) is 11.4. The SMILES string of the molecule is COc1ccc(S(=O)(=O)Cl)cc1C=CC(=O)c1cccc([N+](=O)[O-])c1. The number of hydrogen-bond acceptors (Lipinski definition) is 6. The molecule has 0 aliphatic heterocycles. The van der Waals surface area contributed by atoms with Gasteiger partial charge in [-0.15, -0.1) is 0 Å². The lowest BCUT2D eigenvalue weighted by Crippen LogP contribution is -1.97. The Morgan fingerprint density at radius 2 is 1.96 bits per heavy atom. The van der Waals surface area contributed by atoms with E-state index in [0.29, 0.717) is 11.3 Å². The fraction of sp³-hybridized carbons (Fsp3) is 0.0625. The first kappa shape index (κ1) is 18.6. The van der Waals surface area contributed by atoms with Crippen LogP contribution in [0.25, 0.3) is 6.08 Å². The van der Waals surface area contributed by atoms with Gasteiger partial charge < -0.3 is 4.74 Å². The third-order valence-electron chi connectivity index (χ3n) is 3.24. The van der Waals surface area contributed by atoms with Crippen molar-refractivity contribution >= 4 is 37.3 Å². The highest BCUT2D eigenvalue weighted by molar-refractivity contribution is 8.13. The highest BCUT2D eigenvalue weighted by Gasteiger charge is 2.13. The van der Waals surface area contributed by atoms with E-state index in [0.717, 1.165) is 6.07 Å². The van der Waals surface area contributed by atoms with Gasteiger partial charge in [-0.3, -0.25) is 14.9 Å². The molecule has 0 spiro atoms. The number of nitrogens with zero attached hydrogens (tertiary/aromatic N) is 1. The first-order valence-corrected chi connectivity index (χ1v) is 9.13. The fourth-order valence-corrected chi connectivity index (χ4v) is 2.82. The number of carbonyl (C=O) groups is 1. The van der Waals surface area contributed by atoms with Crippen molar-refractivity contribution in [2.45, 2.75) is 4.90 Å². The van der Waals surface area contributed by atoms with Gasteiger partial charge in [-0.1, -0.05) is 12.1 Å². The molecule has 0 amide bonds. The third-order valence-corrected chi connectivity index (χ3v) is 4.59. The van der Waals surface area contributed by atoms with E-state index < -0.39 is 19.8 Å². The van der Waals surface area contributed by atoms with Crippen molar-refractivity contribution in [3.05, 3.63) is 69.8 Å². The van der Waals surface area contributed by atoms with Crippen LogP contribution < -0.4 is 4.74 Å². The number of allylic oxidation sites excluding steroid dienone is 1. The topological polar surface area (TPSA) is 104 Å². The number of nitro groups is 1. The van der Waals surface area contributed by atoms with Crippen LogP contribution in [-0.4, -0.2) is 26.2 Å². The summed E-state index contributed by atoms with van der Waals surface area (Å²) >= 11 is 0. The van der Waals surface area contributed by atoms with Gasteiger partial charge in [0.1, 0.15) is 5.75 Å². The number of nitro benzene ring substituents is 1. The number of benzene rings is 2. The van der Waals surface area contributed by atoms with Crippen LogP contribution in [0.1, 0.15) is 15.9 Å². The van der Waals surface area contributed by atoms with Crippen molar-refractivity contribution in [3.63, 3.8) is 0 Å². The Morgan fingerprint density at radius 3 is 2.56 bits per heavy atom. The van der Waals surface area contributed by atoms with Crippen molar-refractivity contribution in [2.24, 2.45) is 0 Å². The number of ketones is 1. The monoisotopic (exact) mass is 381 g/mol. The highest BCUT2D eigenvalue weighted by atomic mass is 35.7. The van der Waals surface area contributed by atoms with Gasteiger partial charge in [-0.2, -0.15) is 0 Å². The molecule has 0 aliphatic rings. The Hall–Kier alpha value is -2.71. The quantitative estimate of drug-likeness (QED) is 0.249. The van der Waals surface area contributed by atoms with Gasteiger partial charge >= 0.3 is 0 Å². The molecule has 9 heteroatoms. The molecule has 2 aromatic carbocycles. The van der Waals surface area contributed by atoms with Crippen LogP contribution in [0, 0.1) is 10.1 Å². The number of non-ortho nitro benzene ring substituents is 1. The van der Waals surface area contributed by atoms with Crippen molar-refractivity contribution in [1.29, 1.82) is 0 Å². The number of ether oxygens (including phenoxy) is 1. The molecule has 0 fully saturated rings. The first-order chi connectivity index (χ1) is 11.7. The van der Waals surface area contributed by atoms with Gasteiger partial charge in [0.2, 0.25) is 0 Å². The zero-order chi connectivity index (χ0) is 18.6. The van der Waals surface area contributed by atoms with Crippen LogP contribution in [0.3, 0.4) is 0 Å². The smallest absolute Gasteiger partial charge is 0.270 e. The molecule has 0 N–H and O–H groups in total. The number of halogens is 1. The second kappa shape index (κ2) is 7.45. The van der Waals surface area contributed by atoms with Crippen LogP contribution in [0.4, 0.5) is 5.69 Å². The summed E-state index contributed by atoms with van der Waals surface area (Å²) in [6.45, 7) is 0. The molecule has 0 bridgehead atoms. The summed E-state index contributed by atoms with van der Waals surface area (Å²) < 4.78 is 27.9. The van der Waals surface area contributed by atoms with Crippen molar-refractivity contribution in [1.82, 2.24) is 0 Å². The molecule has 130 valence electrons. The molecule has 0 radical (unpaired) electrons. The van der Waals surface area contributed by atoms with Crippen molar-refractivity contribution in [3.8, 4) is 5.75 Å². The second-order valence-corrected chi connectivity index (χ2v) is 7.41. The summed E-state index contributed by atoms with van der Waals surface area (Å²) in [6, 6.07) is 9.23. The van der Waals surface area contributed by atoms with E-state index in [2.05, 4.69) is 0 Å². The summed E-state index contributed by atoms with van der Waals surface area (Å²) in [7, 11) is 2.77. The van der Waals surface area contributed by atoms with Crippen LogP contribution in [0.2, 0.25) is 0 Å². The Balaban J connectivity index is 2.36. The molecule has 2 rings (SSSR count). The van der Waals surface area contributed by atoms with E-state index in [-0.39, 0.29) is 16.1 Å². The lowest BCUT2D eigenvalue weighted by atomic mass is 10.1. The fourth-order valence-electron chi connectivity index (χ4n) is 2.03. The summed E-state index contributed by atoms with van der Waals surface area (Å²) in [5.41, 5.74) is 0.251. The average Bonchev–Trinajstić information content (AvgIpc) is 2.58. The van der Waals surface area contributed by atoms with E-state index in [1.54, 1.807) is 0 Å². The molecule has 0 heterocycles. The summed E-state index contributed by atoms with van der Waals surface area (Å²) in [4.78, 5) is 22.2. The first-order valence-electron chi connectivity index (χ1n) is 6.82. The van der Waals surface area contributed by atoms with Gasteiger partial charge in [-0.25, -0.2) is 8.42 Å². The zero-order valence-electron chi connectivity index (χ0n) is 12.9. The maximum Gasteiger partial charge on any atom is 0.270 e. The van der Waals surface area contributed by atoms with Gasteiger partial charge in [0.15, 0.2) is 5.78 Å². The van der Waals surface area contributed by atoms with Crippen LogP contribution in [0.15, 0.2) is 53.4 Å². The average molecular weight is 382 g/mol. The maximum atomic E-state index is 12.2. The number of methoxy groups -OCH3 is 1. The standard InChI is InChI=1S/C16H12ClNO6S/c1-24-16-8-6-14(25(17,22)23)10-12(16)5-7-15(19)11-3-2-4-13(9-11)18(20)21/h2-10H,1H3. The predicted octanol–water partition coefficient (Wildman–Crippen LogP) is 3.43. The van der Waals surface area contributed by atoms with E-state index >= 15 is 0 Å². The predicted molar refractivity (Wildman–Crippen MR) is 92.5 cm³/mol. The van der Waals surface area contributed by atoms with E-state index in [1.165, 1.54) is 55.7 Å². The van der Waals surface area contributed by atoms with Gasteiger partial charge in [-0.05, 0) is 30.4 Å². The molecule has 0 saturated carbocycles. The molecule has 25 heavy (non-hydrogen) atoms. The van der Waals surface area contributed by atoms with E-state index in [1.807, 2.05) is 0 Å². The van der Waals surface area contributed by atoms with Gasteiger partial charge in [0.05, 0.1) is 16.9 Å². The maximum absolute atomic E-state index is 12.2. The number of hydrogen-bond donors (Lipinski definition) is 0. The Morgan fingerprint density at radius 1 is 1.24 bits per heavy atom. The minimum absolute atomic E-state index is 0.130. The molecule has 7 nitrogen and oxygen atoms in total. The molecule has 0 aliphatic carbocycles. The molecule has 0 saturated heterocycles. The minimum atomic E-state index is -3.93. The molecular formula is C16H12ClNO6S. The molecule has 0 atom stereocenters. The Kier molecular flexibility index (Phi) is 5.55. The Labute approximate surface area is 148 Å². The van der Waals surface area contributed by atoms with Crippen molar-refractivity contribution in [2.75, 3.05) is 7.11 Å². The largest absolute Gasteiger partial charge is 0.496 e. The van der Waals surface area contributed by atoms with Crippen molar-refractivity contribution < 1.29 is 22.9 Å². The van der Waals surface area contributed by atoms with Crippen LogP contribution >= 0.6 is 10.7 Å². The van der Waals surface area contributed by atoms with Crippen LogP contribution in [-0.2, 0) is 9.05 Å². The van der Waals surface area contributed by atoms with E-state index in [4.69, 9.17) is 15.4 Å². The molecule has 0 aromatic heterocycles. The summed E-state index contributed by atoms with van der Waals surface area (Å²) in [6.07, 6.45) is 2.52. The Bertz CT molecular complexity index is 968. The zero-order valence-corrected chi connectivity index (χ0v) is 14.5. The molecular weight excluding hydrogens is 370 g/mol. The number of carbonyl (C=O) groups excluding carboxylic acids is 1. The summed E-state index contributed by atoms with van der Waals surface area (Å²) in [5, 5.41) is 10.8. The lowest BCUT2D eigenvalue weighted by Gasteiger charge is -2.06. The number of rotatable bonds is 6.